The molecule has 1 unspecified atom stereocenters. The molecule has 0 saturated heterocycles. The summed E-state index contributed by atoms with van der Waals surface area (Å²) in [5.74, 6) is 0.379. The van der Waals surface area contributed by atoms with Crippen molar-refractivity contribution < 1.29 is 9.90 Å². The van der Waals surface area contributed by atoms with Crippen LogP contribution in [0.1, 0.15) is 29.6 Å². The third kappa shape index (κ3) is 3.74. The Balaban J connectivity index is 1.54. The second-order valence-electron chi connectivity index (χ2n) is 5.89. The van der Waals surface area contributed by atoms with Crippen molar-refractivity contribution in [2.24, 2.45) is 5.92 Å². The number of rotatable bonds is 6. The summed E-state index contributed by atoms with van der Waals surface area (Å²) in [6.07, 6.45) is 2.62. The Bertz CT molecular complexity index is 618. The van der Waals surface area contributed by atoms with Crippen molar-refractivity contribution >= 4 is 5.91 Å². The smallest absolute Gasteiger partial charge is 0.251 e. The zero-order valence-corrected chi connectivity index (χ0v) is 12.5. The highest BCUT2D eigenvalue weighted by Crippen LogP contribution is 2.33. The van der Waals surface area contributed by atoms with Crippen LogP contribution in [-0.2, 0) is 0 Å². The summed E-state index contributed by atoms with van der Waals surface area (Å²) in [7, 11) is 0. The third-order valence-corrected chi connectivity index (χ3v) is 4.15. The molecule has 3 nitrogen and oxygen atoms in total. The average molecular weight is 295 g/mol. The van der Waals surface area contributed by atoms with E-state index < -0.39 is 0 Å². The standard InChI is InChI=1S/C19H21NO2/c21-18(16-8-9-16)12-13-20-19(22)17-10-6-15(7-11-17)14-4-2-1-3-5-14/h1-7,10-11,16,18,21H,8-9,12-13H2,(H,20,22). The van der Waals surface area contributed by atoms with E-state index in [1.165, 1.54) is 0 Å². The number of benzene rings is 2. The van der Waals surface area contributed by atoms with Gasteiger partial charge in [0.25, 0.3) is 5.91 Å². The van der Waals surface area contributed by atoms with E-state index in [4.69, 9.17) is 0 Å². The quantitative estimate of drug-likeness (QED) is 0.859. The lowest BCUT2D eigenvalue weighted by Crippen LogP contribution is -2.27. The Morgan fingerprint density at radius 3 is 2.32 bits per heavy atom. The van der Waals surface area contributed by atoms with Gasteiger partial charge in [0.1, 0.15) is 0 Å². The second-order valence-corrected chi connectivity index (χ2v) is 5.89. The Hall–Kier alpha value is -2.13. The fourth-order valence-corrected chi connectivity index (χ4v) is 2.60. The van der Waals surface area contributed by atoms with E-state index in [0.29, 0.717) is 24.4 Å². The molecule has 1 amide bonds. The molecule has 0 spiro atoms. The van der Waals surface area contributed by atoms with Crippen LogP contribution in [-0.4, -0.2) is 23.7 Å². The molecule has 1 aliphatic carbocycles. The highest BCUT2D eigenvalue weighted by atomic mass is 16.3. The molecule has 0 heterocycles. The number of nitrogens with one attached hydrogen (secondary N) is 1. The van der Waals surface area contributed by atoms with Gasteiger partial charge in [-0.05, 0) is 48.4 Å². The summed E-state index contributed by atoms with van der Waals surface area (Å²) in [6, 6.07) is 17.7. The summed E-state index contributed by atoms with van der Waals surface area (Å²) in [6.45, 7) is 0.525. The van der Waals surface area contributed by atoms with Crippen molar-refractivity contribution in [1.29, 1.82) is 0 Å². The average Bonchev–Trinajstić information content (AvgIpc) is 3.40. The van der Waals surface area contributed by atoms with Gasteiger partial charge in [0.15, 0.2) is 0 Å². The van der Waals surface area contributed by atoms with E-state index in [0.717, 1.165) is 24.0 Å². The van der Waals surface area contributed by atoms with Gasteiger partial charge in [-0.15, -0.1) is 0 Å². The molecule has 114 valence electrons. The maximum atomic E-state index is 12.1. The molecule has 2 aromatic rings. The van der Waals surface area contributed by atoms with Crippen LogP contribution in [0.15, 0.2) is 54.6 Å². The van der Waals surface area contributed by atoms with E-state index >= 15 is 0 Å². The first-order chi connectivity index (χ1) is 10.7. The first-order valence-electron chi connectivity index (χ1n) is 7.86. The number of carbonyl (C=O) groups is 1. The number of hydrogen-bond donors (Lipinski definition) is 2. The minimum Gasteiger partial charge on any atom is -0.393 e. The molecular weight excluding hydrogens is 274 g/mol. The zero-order valence-electron chi connectivity index (χ0n) is 12.5. The Kier molecular flexibility index (Phi) is 4.54. The molecule has 1 saturated carbocycles. The lowest BCUT2D eigenvalue weighted by Gasteiger charge is -2.10. The molecule has 1 aliphatic rings. The van der Waals surface area contributed by atoms with Gasteiger partial charge in [-0.2, -0.15) is 0 Å². The second kappa shape index (κ2) is 6.75. The van der Waals surface area contributed by atoms with Gasteiger partial charge in [-0.1, -0.05) is 42.5 Å². The summed E-state index contributed by atoms with van der Waals surface area (Å²) in [5.41, 5.74) is 2.89. The van der Waals surface area contributed by atoms with Crippen LogP contribution in [0.2, 0.25) is 0 Å². The van der Waals surface area contributed by atoms with Gasteiger partial charge in [0, 0.05) is 12.1 Å². The van der Waals surface area contributed by atoms with Crippen molar-refractivity contribution in [3.63, 3.8) is 0 Å². The molecule has 2 N–H and O–H groups in total. The monoisotopic (exact) mass is 295 g/mol. The predicted molar refractivity (Wildman–Crippen MR) is 87.6 cm³/mol. The third-order valence-electron chi connectivity index (χ3n) is 4.15. The minimum atomic E-state index is -0.263. The molecule has 0 radical (unpaired) electrons. The van der Waals surface area contributed by atoms with Crippen molar-refractivity contribution in [3.05, 3.63) is 60.2 Å². The lowest BCUT2D eigenvalue weighted by atomic mass is 10.0. The maximum absolute atomic E-state index is 12.1. The Morgan fingerprint density at radius 1 is 1.05 bits per heavy atom. The first-order valence-corrected chi connectivity index (χ1v) is 7.86. The zero-order chi connectivity index (χ0) is 15.4. The molecule has 1 fully saturated rings. The van der Waals surface area contributed by atoms with Gasteiger partial charge in [0.05, 0.1) is 6.10 Å². The van der Waals surface area contributed by atoms with Crippen molar-refractivity contribution in [1.82, 2.24) is 5.32 Å². The fourth-order valence-electron chi connectivity index (χ4n) is 2.60. The largest absolute Gasteiger partial charge is 0.393 e. The van der Waals surface area contributed by atoms with E-state index in [-0.39, 0.29) is 12.0 Å². The van der Waals surface area contributed by atoms with Crippen molar-refractivity contribution in [2.45, 2.75) is 25.4 Å². The maximum Gasteiger partial charge on any atom is 0.251 e. The number of aliphatic hydroxyl groups is 1. The number of amides is 1. The number of hydrogen-bond acceptors (Lipinski definition) is 2. The van der Waals surface area contributed by atoms with Crippen LogP contribution in [0.4, 0.5) is 0 Å². The highest BCUT2D eigenvalue weighted by molar-refractivity contribution is 5.94. The van der Waals surface area contributed by atoms with Crippen LogP contribution >= 0.6 is 0 Å². The van der Waals surface area contributed by atoms with E-state index in [1.807, 2.05) is 54.6 Å². The number of carbonyl (C=O) groups excluding carboxylic acids is 1. The number of aliphatic hydroxyl groups excluding tert-OH is 1. The summed E-state index contributed by atoms with van der Waals surface area (Å²) in [5, 5.41) is 12.7. The van der Waals surface area contributed by atoms with Gasteiger partial charge >= 0.3 is 0 Å². The molecule has 3 rings (SSSR count). The van der Waals surface area contributed by atoms with Crippen LogP contribution < -0.4 is 5.32 Å². The highest BCUT2D eigenvalue weighted by Gasteiger charge is 2.29. The molecule has 0 aliphatic heterocycles. The van der Waals surface area contributed by atoms with Crippen molar-refractivity contribution in [2.75, 3.05) is 6.54 Å². The van der Waals surface area contributed by atoms with Crippen LogP contribution in [0.25, 0.3) is 11.1 Å². The Morgan fingerprint density at radius 2 is 1.68 bits per heavy atom. The SMILES string of the molecule is O=C(NCCC(O)C1CC1)c1ccc(-c2ccccc2)cc1. The lowest BCUT2D eigenvalue weighted by molar-refractivity contribution is 0.0937. The molecular formula is C19H21NO2. The van der Waals surface area contributed by atoms with E-state index in [9.17, 15) is 9.90 Å². The molecule has 2 aromatic carbocycles. The fraction of sp³-hybridized carbons (Fsp3) is 0.316. The molecule has 22 heavy (non-hydrogen) atoms. The normalized spacial score (nSPS) is 15.3. The van der Waals surface area contributed by atoms with Gasteiger partial charge in [-0.3, -0.25) is 4.79 Å². The summed E-state index contributed by atoms with van der Waals surface area (Å²) < 4.78 is 0. The Labute approximate surface area is 131 Å². The molecule has 3 heteroatoms. The van der Waals surface area contributed by atoms with Crippen molar-refractivity contribution in [3.8, 4) is 11.1 Å². The minimum absolute atomic E-state index is 0.0809. The topological polar surface area (TPSA) is 49.3 Å². The van der Waals surface area contributed by atoms with Gasteiger partial charge in [-0.25, -0.2) is 0 Å². The van der Waals surface area contributed by atoms with Crippen LogP contribution in [0.5, 0.6) is 0 Å². The first kappa shape index (κ1) is 14.8. The van der Waals surface area contributed by atoms with E-state index in [1.54, 1.807) is 0 Å². The summed E-state index contributed by atoms with van der Waals surface area (Å²) >= 11 is 0. The van der Waals surface area contributed by atoms with Crippen LogP contribution in [0.3, 0.4) is 0 Å². The molecule has 0 bridgehead atoms. The van der Waals surface area contributed by atoms with E-state index in [2.05, 4.69) is 5.32 Å². The van der Waals surface area contributed by atoms with Crippen LogP contribution in [0, 0.1) is 5.92 Å². The predicted octanol–water partition coefficient (Wildman–Crippen LogP) is 3.24. The summed E-state index contributed by atoms with van der Waals surface area (Å²) in [4.78, 5) is 12.1. The molecule has 0 aromatic heterocycles. The van der Waals surface area contributed by atoms with Gasteiger partial charge in [0.2, 0.25) is 0 Å². The molecule has 1 atom stereocenters. The van der Waals surface area contributed by atoms with Gasteiger partial charge < -0.3 is 10.4 Å².